The van der Waals surface area contributed by atoms with Crippen molar-refractivity contribution in [3.05, 3.63) is 42.5 Å². The van der Waals surface area contributed by atoms with E-state index in [0.717, 1.165) is 24.2 Å². The van der Waals surface area contributed by atoms with Crippen LogP contribution in [0.25, 0.3) is 10.8 Å². The summed E-state index contributed by atoms with van der Waals surface area (Å²) in [6.07, 6.45) is 0. The van der Waals surface area contributed by atoms with Gasteiger partial charge in [0.05, 0.1) is 18.9 Å². The third kappa shape index (κ3) is 2.53. The zero-order valence-corrected chi connectivity index (χ0v) is 10.7. The van der Waals surface area contributed by atoms with Crippen LogP contribution in [0.4, 0.5) is 5.69 Å². The Bertz CT molecular complexity index is 598. The lowest BCUT2D eigenvalue weighted by Gasteiger charge is -2.27. The first kappa shape index (κ1) is 12.0. The van der Waals surface area contributed by atoms with Crippen molar-refractivity contribution in [1.82, 2.24) is 4.90 Å². The Kier molecular flexibility index (Phi) is 3.33. The molecule has 1 saturated heterocycles. The van der Waals surface area contributed by atoms with Gasteiger partial charge in [-0.3, -0.25) is 0 Å². The number of benzene rings is 2. The minimum atomic E-state index is 0.569. The van der Waals surface area contributed by atoms with Gasteiger partial charge in [-0.05, 0) is 11.5 Å². The third-order valence-corrected chi connectivity index (χ3v) is 3.34. The fraction of sp³-hybridized carbons (Fsp3) is 0.267. The Morgan fingerprint density at radius 3 is 2.63 bits per heavy atom. The number of morpholine rings is 1. The predicted octanol–water partition coefficient (Wildman–Crippen LogP) is 2.12. The summed E-state index contributed by atoms with van der Waals surface area (Å²) in [7, 11) is 0. The van der Waals surface area contributed by atoms with Crippen molar-refractivity contribution >= 4 is 22.4 Å². The highest BCUT2D eigenvalue weighted by molar-refractivity contribution is 5.95. The molecule has 0 bridgehead atoms. The van der Waals surface area contributed by atoms with Crippen molar-refractivity contribution in [2.75, 3.05) is 26.3 Å². The van der Waals surface area contributed by atoms with Crippen LogP contribution < -0.4 is 5.73 Å². The van der Waals surface area contributed by atoms with Gasteiger partial charge in [-0.25, -0.2) is 4.99 Å². The molecule has 2 aromatic carbocycles. The molecule has 2 N–H and O–H groups in total. The molecule has 0 saturated carbocycles. The van der Waals surface area contributed by atoms with E-state index in [2.05, 4.69) is 28.1 Å². The zero-order valence-electron chi connectivity index (χ0n) is 10.7. The first-order chi connectivity index (χ1) is 9.34. The van der Waals surface area contributed by atoms with Crippen molar-refractivity contribution in [3.63, 3.8) is 0 Å². The summed E-state index contributed by atoms with van der Waals surface area (Å²) in [5.74, 6) is 0.569. The van der Waals surface area contributed by atoms with Crippen LogP contribution in [0.1, 0.15) is 0 Å². The molecule has 0 aliphatic carbocycles. The summed E-state index contributed by atoms with van der Waals surface area (Å²) >= 11 is 0. The van der Waals surface area contributed by atoms with Gasteiger partial charge in [0.15, 0.2) is 5.96 Å². The van der Waals surface area contributed by atoms with Crippen LogP contribution in [0.2, 0.25) is 0 Å². The van der Waals surface area contributed by atoms with Gasteiger partial charge in [0.2, 0.25) is 0 Å². The minimum Gasteiger partial charge on any atom is -0.378 e. The summed E-state index contributed by atoms with van der Waals surface area (Å²) in [4.78, 5) is 6.64. The molecule has 4 nitrogen and oxygen atoms in total. The summed E-state index contributed by atoms with van der Waals surface area (Å²) in [6, 6.07) is 14.3. The van der Waals surface area contributed by atoms with E-state index in [9.17, 15) is 0 Å². The van der Waals surface area contributed by atoms with Crippen LogP contribution >= 0.6 is 0 Å². The van der Waals surface area contributed by atoms with Crippen LogP contribution in [0, 0.1) is 0 Å². The number of ether oxygens (including phenoxy) is 1. The van der Waals surface area contributed by atoms with E-state index in [-0.39, 0.29) is 0 Å². The lowest BCUT2D eigenvalue weighted by molar-refractivity contribution is 0.0675. The molecule has 0 aromatic heterocycles. The molecule has 1 aliphatic rings. The SMILES string of the molecule is NC(=Nc1cccc2ccccc12)N1CCOCC1. The van der Waals surface area contributed by atoms with Crippen LogP contribution in [-0.4, -0.2) is 37.2 Å². The van der Waals surface area contributed by atoms with E-state index >= 15 is 0 Å². The number of fused-ring (bicyclic) bond motifs is 1. The standard InChI is InChI=1S/C15H17N3O/c16-15(18-8-10-19-11-9-18)17-14-7-3-5-12-4-1-2-6-13(12)14/h1-7H,8-11H2,(H2,16,17). The van der Waals surface area contributed by atoms with Gasteiger partial charge in [-0.1, -0.05) is 36.4 Å². The van der Waals surface area contributed by atoms with E-state index in [1.165, 1.54) is 5.39 Å². The lowest BCUT2D eigenvalue weighted by Crippen LogP contribution is -2.44. The second kappa shape index (κ2) is 5.28. The topological polar surface area (TPSA) is 50.8 Å². The molecule has 0 amide bonds. The highest BCUT2D eigenvalue weighted by atomic mass is 16.5. The third-order valence-electron chi connectivity index (χ3n) is 3.34. The maximum absolute atomic E-state index is 6.09. The van der Waals surface area contributed by atoms with Gasteiger partial charge < -0.3 is 15.4 Å². The number of aliphatic imine (C=N–C) groups is 1. The van der Waals surface area contributed by atoms with E-state index < -0.39 is 0 Å². The lowest BCUT2D eigenvalue weighted by atomic mass is 10.1. The van der Waals surface area contributed by atoms with Crippen LogP contribution in [0.15, 0.2) is 47.5 Å². The summed E-state index contributed by atoms with van der Waals surface area (Å²) in [5, 5.41) is 2.31. The molecular weight excluding hydrogens is 238 g/mol. The van der Waals surface area contributed by atoms with Gasteiger partial charge in [0.1, 0.15) is 0 Å². The largest absolute Gasteiger partial charge is 0.378 e. The van der Waals surface area contributed by atoms with Gasteiger partial charge in [-0.2, -0.15) is 0 Å². The number of hydrogen-bond donors (Lipinski definition) is 1. The monoisotopic (exact) mass is 255 g/mol. The molecule has 1 fully saturated rings. The van der Waals surface area contributed by atoms with Crippen LogP contribution in [-0.2, 0) is 4.74 Å². The molecule has 0 unspecified atom stereocenters. The van der Waals surface area contributed by atoms with E-state index in [1.807, 2.05) is 24.3 Å². The van der Waals surface area contributed by atoms with Crippen molar-refractivity contribution in [1.29, 1.82) is 0 Å². The number of nitrogens with zero attached hydrogens (tertiary/aromatic N) is 2. The molecule has 0 radical (unpaired) electrons. The number of hydrogen-bond acceptors (Lipinski definition) is 2. The van der Waals surface area contributed by atoms with Gasteiger partial charge in [0.25, 0.3) is 0 Å². The van der Waals surface area contributed by atoms with Crippen molar-refractivity contribution in [2.24, 2.45) is 10.7 Å². The Balaban J connectivity index is 1.95. The average molecular weight is 255 g/mol. The summed E-state index contributed by atoms with van der Waals surface area (Å²) in [6.45, 7) is 3.04. The maximum atomic E-state index is 6.09. The van der Waals surface area contributed by atoms with Gasteiger partial charge >= 0.3 is 0 Å². The van der Waals surface area contributed by atoms with E-state index in [1.54, 1.807) is 0 Å². The highest BCUT2D eigenvalue weighted by Gasteiger charge is 2.12. The number of rotatable bonds is 1. The zero-order chi connectivity index (χ0) is 13.1. The fourth-order valence-electron chi connectivity index (χ4n) is 2.29. The van der Waals surface area contributed by atoms with Gasteiger partial charge in [0, 0.05) is 18.5 Å². The average Bonchev–Trinajstić information content (AvgIpc) is 2.48. The quantitative estimate of drug-likeness (QED) is 0.627. The molecule has 3 rings (SSSR count). The second-order valence-corrected chi connectivity index (χ2v) is 4.57. The Hall–Kier alpha value is -2.07. The summed E-state index contributed by atoms with van der Waals surface area (Å²) < 4.78 is 5.32. The molecular formula is C15H17N3O. The molecule has 19 heavy (non-hydrogen) atoms. The first-order valence-corrected chi connectivity index (χ1v) is 6.49. The highest BCUT2D eigenvalue weighted by Crippen LogP contribution is 2.25. The molecule has 2 aromatic rings. The summed E-state index contributed by atoms with van der Waals surface area (Å²) in [5.41, 5.74) is 7.01. The predicted molar refractivity (Wildman–Crippen MR) is 77.6 cm³/mol. The molecule has 98 valence electrons. The maximum Gasteiger partial charge on any atom is 0.196 e. The fourth-order valence-corrected chi connectivity index (χ4v) is 2.29. The van der Waals surface area contributed by atoms with Gasteiger partial charge in [-0.15, -0.1) is 0 Å². The minimum absolute atomic E-state index is 0.569. The van der Waals surface area contributed by atoms with Crippen molar-refractivity contribution in [3.8, 4) is 0 Å². The Labute approximate surface area is 112 Å². The number of guanidine groups is 1. The molecule has 0 spiro atoms. The Morgan fingerprint density at radius 2 is 1.79 bits per heavy atom. The van der Waals surface area contributed by atoms with Crippen molar-refractivity contribution < 1.29 is 4.74 Å². The Morgan fingerprint density at radius 1 is 1.05 bits per heavy atom. The van der Waals surface area contributed by atoms with E-state index in [0.29, 0.717) is 19.2 Å². The smallest absolute Gasteiger partial charge is 0.196 e. The molecule has 4 heteroatoms. The number of nitrogens with two attached hydrogens (primary N) is 1. The molecule has 1 aliphatic heterocycles. The normalized spacial score (nSPS) is 16.8. The van der Waals surface area contributed by atoms with Crippen molar-refractivity contribution in [2.45, 2.75) is 0 Å². The molecule has 0 atom stereocenters. The van der Waals surface area contributed by atoms with E-state index in [4.69, 9.17) is 10.5 Å². The second-order valence-electron chi connectivity index (χ2n) is 4.57. The molecule has 1 heterocycles. The van der Waals surface area contributed by atoms with Crippen LogP contribution in [0.3, 0.4) is 0 Å². The van der Waals surface area contributed by atoms with Crippen LogP contribution in [0.5, 0.6) is 0 Å². The first-order valence-electron chi connectivity index (χ1n) is 6.49.